The molecule has 1 atom stereocenters. The lowest BCUT2D eigenvalue weighted by atomic mass is 10.1. The Labute approximate surface area is 152 Å². The molecule has 2 heterocycles. The largest absolute Gasteiger partial charge is 0.459 e. The third kappa shape index (κ3) is 2.97. The molecular weight excluding hydrogens is 351 g/mol. The van der Waals surface area contributed by atoms with Crippen LogP contribution < -0.4 is 5.76 Å². The first-order valence-corrected chi connectivity index (χ1v) is 8.35. The van der Waals surface area contributed by atoms with Gasteiger partial charge >= 0.3 is 11.7 Å². The maximum atomic E-state index is 13.9. The van der Waals surface area contributed by atoms with Gasteiger partial charge in [0, 0.05) is 17.1 Å². The lowest BCUT2D eigenvalue weighted by molar-refractivity contribution is -0.148. The number of hydrogen-bond donors (Lipinski definition) is 0. The third-order valence-electron chi connectivity index (χ3n) is 4.42. The molecule has 1 unspecified atom stereocenters. The number of fused-ring (bicyclic) bond motifs is 2. The highest BCUT2D eigenvalue weighted by Crippen LogP contribution is 2.22. The average molecular weight is 366 g/mol. The van der Waals surface area contributed by atoms with E-state index >= 15 is 0 Å². The van der Waals surface area contributed by atoms with Crippen LogP contribution in [0.5, 0.6) is 0 Å². The summed E-state index contributed by atoms with van der Waals surface area (Å²) in [6, 6.07) is 12.1. The summed E-state index contributed by atoms with van der Waals surface area (Å²) in [4.78, 5) is 28.8. The summed E-state index contributed by atoms with van der Waals surface area (Å²) in [5, 5.41) is 0.358. The minimum Gasteiger partial charge on any atom is -0.459 e. The molecule has 7 heteroatoms. The zero-order chi connectivity index (χ0) is 19.0. The second-order valence-electron chi connectivity index (χ2n) is 6.10. The second kappa shape index (κ2) is 6.68. The van der Waals surface area contributed by atoms with Gasteiger partial charge in [0.15, 0.2) is 5.58 Å². The van der Waals surface area contributed by atoms with Crippen molar-refractivity contribution in [3.05, 3.63) is 76.7 Å². The van der Waals surface area contributed by atoms with Crippen LogP contribution in [0.15, 0.2) is 63.9 Å². The first-order valence-electron chi connectivity index (χ1n) is 8.35. The van der Waals surface area contributed by atoms with E-state index in [9.17, 15) is 14.0 Å². The van der Waals surface area contributed by atoms with Crippen LogP contribution in [0.25, 0.3) is 22.0 Å². The molecule has 0 radical (unpaired) electrons. The quantitative estimate of drug-likeness (QED) is 0.516. The molecule has 0 aliphatic carbocycles. The standard InChI is InChI=1S/C20H15FN2O4/c1-12(23-16-6-2-3-7-17(16)27-20(23)25)19(24)26-11-13-8-9-15(21)14-5-4-10-22-18(13)14/h2-10,12H,11H2,1H3. The molecule has 4 rings (SSSR count). The number of pyridine rings is 1. The maximum absolute atomic E-state index is 13.9. The van der Waals surface area contributed by atoms with E-state index in [4.69, 9.17) is 9.15 Å². The third-order valence-corrected chi connectivity index (χ3v) is 4.42. The van der Waals surface area contributed by atoms with Gasteiger partial charge < -0.3 is 9.15 Å². The van der Waals surface area contributed by atoms with Crippen molar-refractivity contribution >= 4 is 28.0 Å². The summed E-state index contributed by atoms with van der Waals surface area (Å²) in [5.74, 6) is -1.62. The monoisotopic (exact) mass is 366 g/mol. The van der Waals surface area contributed by atoms with Crippen molar-refractivity contribution in [2.75, 3.05) is 0 Å². The number of ether oxygens (including phenoxy) is 1. The van der Waals surface area contributed by atoms with Crippen molar-refractivity contribution in [3.8, 4) is 0 Å². The minimum absolute atomic E-state index is 0.0818. The average Bonchev–Trinajstić information content (AvgIpc) is 3.02. The second-order valence-corrected chi connectivity index (χ2v) is 6.10. The summed E-state index contributed by atoms with van der Waals surface area (Å²) in [7, 11) is 0. The van der Waals surface area contributed by atoms with Gasteiger partial charge in [0.1, 0.15) is 18.5 Å². The van der Waals surface area contributed by atoms with Gasteiger partial charge in [0.25, 0.3) is 0 Å². The molecular formula is C20H15FN2O4. The lowest BCUT2D eigenvalue weighted by Crippen LogP contribution is -2.26. The first-order chi connectivity index (χ1) is 13.1. The molecule has 4 aromatic rings. The number of rotatable bonds is 4. The highest BCUT2D eigenvalue weighted by atomic mass is 19.1. The van der Waals surface area contributed by atoms with Crippen molar-refractivity contribution < 1.29 is 18.3 Å². The van der Waals surface area contributed by atoms with E-state index in [1.165, 1.54) is 16.7 Å². The summed E-state index contributed by atoms with van der Waals surface area (Å²) in [6.45, 7) is 1.48. The number of carbonyl (C=O) groups excluding carboxylic acids is 1. The molecule has 0 spiro atoms. The number of oxazole rings is 1. The molecule has 0 bridgehead atoms. The number of para-hydroxylation sites is 2. The Kier molecular flexibility index (Phi) is 4.19. The van der Waals surface area contributed by atoms with Crippen LogP contribution in [0.1, 0.15) is 18.5 Å². The molecule has 0 saturated heterocycles. The lowest BCUT2D eigenvalue weighted by Gasteiger charge is -2.13. The van der Waals surface area contributed by atoms with Gasteiger partial charge in [-0.15, -0.1) is 0 Å². The number of carbonyl (C=O) groups is 1. The van der Waals surface area contributed by atoms with Gasteiger partial charge in [-0.25, -0.2) is 14.0 Å². The SMILES string of the molecule is CC(C(=O)OCc1ccc(F)c2cccnc12)n1c(=O)oc2ccccc21. The van der Waals surface area contributed by atoms with E-state index in [1.807, 2.05) is 0 Å². The van der Waals surface area contributed by atoms with E-state index in [1.54, 1.807) is 49.5 Å². The van der Waals surface area contributed by atoms with Gasteiger partial charge in [-0.1, -0.05) is 18.2 Å². The Hall–Kier alpha value is -3.48. The smallest absolute Gasteiger partial charge is 0.420 e. The van der Waals surface area contributed by atoms with Crippen LogP contribution >= 0.6 is 0 Å². The van der Waals surface area contributed by atoms with Crippen molar-refractivity contribution in [1.82, 2.24) is 9.55 Å². The Morgan fingerprint density at radius 1 is 1.22 bits per heavy atom. The van der Waals surface area contributed by atoms with Gasteiger partial charge in [0.05, 0.1) is 11.0 Å². The molecule has 0 fully saturated rings. The normalized spacial score (nSPS) is 12.4. The molecule has 0 saturated carbocycles. The van der Waals surface area contributed by atoms with Crippen LogP contribution in [0.4, 0.5) is 4.39 Å². The Balaban J connectivity index is 1.59. The number of halogens is 1. The number of aromatic nitrogens is 2. The van der Waals surface area contributed by atoms with Gasteiger partial charge in [-0.3, -0.25) is 9.55 Å². The van der Waals surface area contributed by atoms with Crippen LogP contribution in [0.2, 0.25) is 0 Å². The van der Waals surface area contributed by atoms with Crippen LogP contribution in [0.3, 0.4) is 0 Å². The van der Waals surface area contributed by atoms with Crippen molar-refractivity contribution in [1.29, 1.82) is 0 Å². The zero-order valence-corrected chi connectivity index (χ0v) is 14.4. The van der Waals surface area contributed by atoms with Gasteiger partial charge in [-0.2, -0.15) is 0 Å². The zero-order valence-electron chi connectivity index (χ0n) is 14.4. The molecule has 27 heavy (non-hydrogen) atoms. The van der Waals surface area contributed by atoms with E-state index in [-0.39, 0.29) is 6.61 Å². The van der Waals surface area contributed by atoms with Crippen LogP contribution in [-0.2, 0) is 16.1 Å². The predicted molar refractivity (Wildman–Crippen MR) is 96.7 cm³/mol. The first kappa shape index (κ1) is 17.0. The number of nitrogens with zero attached hydrogens (tertiary/aromatic N) is 2. The Morgan fingerprint density at radius 2 is 2.04 bits per heavy atom. The predicted octanol–water partition coefficient (Wildman–Crippen LogP) is 3.59. The Morgan fingerprint density at radius 3 is 2.89 bits per heavy atom. The van der Waals surface area contributed by atoms with Gasteiger partial charge in [0.2, 0.25) is 0 Å². The number of benzene rings is 2. The number of esters is 1. The maximum Gasteiger partial charge on any atom is 0.420 e. The fourth-order valence-electron chi connectivity index (χ4n) is 3.04. The highest BCUT2D eigenvalue weighted by Gasteiger charge is 2.23. The van der Waals surface area contributed by atoms with Crippen molar-refractivity contribution in [3.63, 3.8) is 0 Å². The topological polar surface area (TPSA) is 74.3 Å². The summed E-state index contributed by atoms with van der Waals surface area (Å²) >= 11 is 0. The van der Waals surface area contributed by atoms with Gasteiger partial charge in [-0.05, 0) is 37.3 Å². The fourth-order valence-corrected chi connectivity index (χ4v) is 3.04. The fraction of sp³-hybridized carbons (Fsp3) is 0.150. The minimum atomic E-state index is -0.874. The molecule has 2 aromatic carbocycles. The Bertz CT molecular complexity index is 1210. The van der Waals surface area contributed by atoms with E-state index in [0.717, 1.165) is 0 Å². The summed E-state index contributed by atoms with van der Waals surface area (Å²) in [5.41, 5.74) is 1.93. The van der Waals surface area contributed by atoms with Crippen LogP contribution in [0, 0.1) is 5.82 Å². The summed E-state index contributed by atoms with van der Waals surface area (Å²) < 4.78 is 25.6. The van der Waals surface area contributed by atoms with Crippen molar-refractivity contribution in [2.45, 2.75) is 19.6 Å². The highest BCUT2D eigenvalue weighted by molar-refractivity contribution is 5.83. The molecule has 0 amide bonds. The number of hydrogen-bond acceptors (Lipinski definition) is 5. The molecule has 2 aromatic heterocycles. The van der Waals surface area contributed by atoms with E-state index < -0.39 is 23.6 Å². The molecule has 6 nitrogen and oxygen atoms in total. The van der Waals surface area contributed by atoms with Crippen molar-refractivity contribution in [2.24, 2.45) is 0 Å². The molecule has 0 N–H and O–H groups in total. The molecule has 0 aliphatic heterocycles. The summed E-state index contributed by atoms with van der Waals surface area (Å²) in [6.07, 6.45) is 1.55. The molecule has 0 aliphatic rings. The van der Waals surface area contributed by atoms with E-state index in [0.29, 0.717) is 27.6 Å². The molecule has 136 valence electrons. The van der Waals surface area contributed by atoms with E-state index in [2.05, 4.69) is 4.98 Å². The van der Waals surface area contributed by atoms with Crippen LogP contribution in [-0.4, -0.2) is 15.5 Å².